The fourth-order valence-electron chi connectivity index (χ4n) is 4.19. The van der Waals surface area contributed by atoms with Crippen molar-refractivity contribution in [1.82, 2.24) is 9.88 Å². The maximum Gasteiger partial charge on any atom is 0.118 e. The van der Waals surface area contributed by atoms with E-state index in [0.29, 0.717) is 0 Å². The summed E-state index contributed by atoms with van der Waals surface area (Å²) in [4.78, 5) is 9.38. The van der Waals surface area contributed by atoms with Crippen LogP contribution in [0.5, 0.6) is 5.75 Å². The molecule has 0 radical (unpaired) electrons. The Morgan fingerprint density at radius 2 is 1.53 bits per heavy atom. The smallest absolute Gasteiger partial charge is 0.118 e. The normalized spacial score (nSPS) is 14.5. The molecule has 5 heteroatoms. The number of methoxy groups -OCH3 is 1. The van der Waals surface area contributed by atoms with E-state index in [0.717, 1.165) is 65.3 Å². The molecule has 32 heavy (non-hydrogen) atoms. The molecule has 0 amide bonds. The molecular formula is C27H28N4O. The predicted molar refractivity (Wildman–Crippen MR) is 133 cm³/mol. The third-order valence-electron chi connectivity index (χ3n) is 6.18. The summed E-state index contributed by atoms with van der Waals surface area (Å²) >= 11 is 0. The lowest BCUT2D eigenvalue weighted by Gasteiger charge is -2.34. The average Bonchev–Trinajstić information content (AvgIpc) is 2.85. The van der Waals surface area contributed by atoms with Crippen molar-refractivity contribution in [3.05, 3.63) is 79.0 Å². The lowest BCUT2D eigenvalue weighted by Crippen LogP contribution is -2.44. The number of aromatic nitrogens is 1. The molecule has 0 atom stereocenters. The highest BCUT2D eigenvalue weighted by Gasteiger charge is 2.14. The summed E-state index contributed by atoms with van der Waals surface area (Å²) in [6, 6.07) is 25.3. The summed E-state index contributed by atoms with van der Waals surface area (Å²) in [5.41, 5.74) is 6.69. The number of benzene rings is 3. The first-order valence-electron chi connectivity index (χ1n) is 11.0. The molecular weight excluding hydrogens is 396 g/mol. The van der Waals surface area contributed by atoms with Crippen LogP contribution in [0, 0.1) is 0 Å². The maximum absolute atomic E-state index is 5.29. The number of nitrogens with zero attached hydrogens (tertiary/aromatic N) is 3. The first-order valence-corrected chi connectivity index (χ1v) is 11.0. The number of anilines is 3. The van der Waals surface area contributed by atoms with Gasteiger partial charge >= 0.3 is 0 Å². The van der Waals surface area contributed by atoms with E-state index in [1.807, 2.05) is 24.4 Å². The molecule has 1 N–H and O–H groups in total. The highest BCUT2D eigenvalue weighted by atomic mass is 16.5. The van der Waals surface area contributed by atoms with Gasteiger partial charge in [-0.2, -0.15) is 0 Å². The Labute approximate surface area is 189 Å². The summed E-state index contributed by atoms with van der Waals surface area (Å²) in [7, 11) is 3.87. The van der Waals surface area contributed by atoms with Gasteiger partial charge < -0.3 is 19.9 Å². The molecule has 0 saturated carbocycles. The number of hydrogen-bond donors (Lipinski definition) is 1. The average molecular weight is 425 g/mol. The fourth-order valence-corrected chi connectivity index (χ4v) is 4.19. The van der Waals surface area contributed by atoms with Crippen molar-refractivity contribution >= 4 is 28.0 Å². The Kier molecular flexibility index (Phi) is 5.65. The van der Waals surface area contributed by atoms with Crippen molar-refractivity contribution in [3.63, 3.8) is 0 Å². The van der Waals surface area contributed by atoms with E-state index in [-0.39, 0.29) is 0 Å². The molecule has 0 spiro atoms. The zero-order chi connectivity index (χ0) is 21.9. The lowest BCUT2D eigenvalue weighted by atomic mass is 10.0. The summed E-state index contributed by atoms with van der Waals surface area (Å²) in [6.07, 6.45) is 1.86. The molecule has 4 aromatic rings. The highest BCUT2D eigenvalue weighted by Crippen LogP contribution is 2.31. The number of nitrogens with one attached hydrogen (secondary N) is 1. The number of fused-ring (bicyclic) bond motifs is 1. The van der Waals surface area contributed by atoms with Gasteiger partial charge in [0.2, 0.25) is 0 Å². The van der Waals surface area contributed by atoms with Gasteiger partial charge in [-0.3, -0.25) is 4.98 Å². The van der Waals surface area contributed by atoms with Crippen molar-refractivity contribution in [2.45, 2.75) is 0 Å². The molecule has 3 aromatic carbocycles. The van der Waals surface area contributed by atoms with Crippen LogP contribution in [0.15, 0.2) is 79.0 Å². The van der Waals surface area contributed by atoms with Gasteiger partial charge in [0.25, 0.3) is 0 Å². The Morgan fingerprint density at radius 1 is 0.812 bits per heavy atom. The van der Waals surface area contributed by atoms with E-state index in [9.17, 15) is 0 Å². The minimum Gasteiger partial charge on any atom is -0.497 e. The second kappa shape index (κ2) is 8.89. The van der Waals surface area contributed by atoms with Crippen molar-refractivity contribution in [2.24, 2.45) is 0 Å². The number of likely N-dealkylation sites (N-methyl/N-ethyl adjacent to an activating group) is 1. The number of hydrogen-bond acceptors (Lipinski definition) is 5. The van der Waals surface area contributed by atoms with E-state index in [1.165, 1.54) is 5.69 Å². The van der Waals surface area contributed by atoms with E-state index in [1.54, 1.807) is 7.11 Å². The molecule has 2 heterocycles. The summed E-state index contributed by atoms with van der Waals surface area (Å²) in [5, 5.41) is 4.70. The molecule has 1 fully saturated rings. The lowest BCUT2D eigenvalue weighted by molar-refractivity contribution is 0.313. The first kappa shape index (κ1) is 20.3. The van der Waals surface area contributed by atoms with Gasteiger partial charge in [0.05, 0.1) is 12.6 Å². The van der Waals surface area contributed by atoms with Gasteiger partial charge in [0.15, 0.2) is 0 Å². The molecule has 1 aliphatic rings. The second-order valence-corrected chi connectivity index (χ2v) is 8.28. The van der Waals surface area contributed by atoms with Crippen LogP contribution < -0.4 is 15.0 Å². The highest BCUT2D eigenvalue weighted by molar-refractivity contribution is 5.95. The Morgan fingerprint density at radius 3 is 2.25 bits per heavy atom. The van der Waals surface area contributed by atoms with E-state index >= 15 is 0 Å². The van der Waals surface area contributed by atoms with Gasteiger partial charge in [0.1, 0.15) is 5.75 Å². The van der Waals surface area contributed by atoms with Crippen LogP contribution in [0.3, 0.4) is 0 Å². The first-order chi connectivity index (χ1) is 15.7. The zero-order valence-corrected chi connectivity index (χ0v) is 18.6. The minimum atomic E-state index is 0.860. The van der Waals surface area contributed by atoms with E-state index in [4.69, 9.17) is 4.74 Å². The minimum absolute atomic E-state index is 0.860. The van der Waals surface area contributed by atoms with E-state index in [2.05, 4.69) is 81.7 Å². The molecule has 0 bridgehead atoms. The van der Waals surface area contributed by atoms with Crippen LogP contribution in [0.2, 0.25) is 0 Å². The number of piperazine rings is 1. The molecule has 1 saturated heterocycles. The number of ether oxygens (including phenoxy) is 1. The van der Waals surface area contributed by atoms with Crippen LogP contribution in [-0.2, 0) is 0 Å². The maximum atomic E-state index is 5.29. The van der Waals surface area contributed by atoms with Gasteiger partial charge in [-0.15, -0.1) is 0 Å². The largest absolute Gasteiger partial charge is 0.497 e. The SMILES string of the molecule is COc1ccc(-c2ccc3nccc(Nc4ccc(N5CCN(C)CC5)cc4)c3c2)cc1. The molecule has 0 unspecified atom stereocenters. The summed E-state index contributed by atoms with van der Waals surface area (Å²) in [5.74, 6) is 0.860. The standard InChI is InChI=1S/C27H28N4O/c1-30-15-17-31(18-16-30)23-8-6-22(7-9-23)29-27-13-14-28-26-12-5-21(19-25(26)27)20-3-10-24(32-2)11-4-20/h3-14,19H,15-18H2,1-2H3,(H,28,29). The van der Waals surface area contributed by atoms with Crippen molar-refractivity contribution in [1.29, 1.82) is 0 Å². The third-order valence-corrected chi connectivity index (χ3v) is 6.18. The zero-order valence-electron chi connectivity index (χ0n) is 18.6. The Balaban J connectivity index is 1.40. The van der Waals surface area contributed by atoms with Gasteiger partial charge in [-0.1, -0.05) is 18.2 Å². The molecule has 5 nitrogen and oxygen atoms in total. The molecule has 5 rings (SSSR count). The van der Waals surface area contributed by atoms with Gasteiger partial charge in [-0.25, -0.2) is 0 Å². The van der Waals surface area contributed by atoms with Gasteiger partial charge in [-0.05, 0) is 72.8 Å². The van der Waals surface area contributed by atoms with Crippen molar-refractivity contribution < 1.29 is 4.74 Å². The predicted octanol–water partition coefficient (Wildman–Crippen LogP) is 5.41. The van der Waals surface area contributed by atoms with Crippen LogP contribution in [0.25, 0.3) is 22.0 Å². The topological polar surface area (TPSA) is 40.6 Å². The Hall–Kier alpha value is -3.57. The number of rotatable bonds is 5. The van der Waals surface area contributed by atoms with Crippen LogP contribution in [-0.4, -0.2) is 50.2 Å². The summed E-state index contributed by atoms with van der Waals surface area (Å²) in [6.45, 7) is 4.37. The molecule has 1 aliphatic heterocycles. The quantitative estimate of drug-likeness (QED) is 0.464. The summed E-state index contributed by atoms with van der Waals surface area (Å²) < 4.78 is 5.29. The molecule has 1 aromatic heterocycles. The van der Waals surface area contributed by atoms with Crippen LogP contribution in [0.4, 0.5) is 17.1 Å². The van der Waals surface area contributed by atoms with Crippen molar-refractivity contribution in [2.75, 3.05) is 50.6 Å². The fraction of sp³-hybridized carbons (Fsp3) is 0.222. The Bertz CT molecular complexity index is 1200. The second-order valence-electron chi connectivity index (χ2n) is 8.28. The monoisotopic (exact) mass is 424 g/mol. The van der Waals surface area contributed by atoms with Crippen molar-refractivity contribution in [3.8, 4) is 16.9 Å². The van der Waals surface area contributed by atoms with Crippen LogP contribution in [0.1, 0.15) is 0 Å². The molecule has 162 valence electrons. The molecule has 0 aliphatic carbocycles. The third kappa shape index (κ3) is 4.25. The number of pyridine rings is 1. The van der Waals surface area contributed by atoms with E-state index < -0.39 is 0 Å². The van der Waals surface area contributed by atoms with Crippen LogP contribution >= 0.6 is 0 Å². The van der Waals surface area contributed by atoms with Gasteiger partial charge in [0, 0.05) is 54.8 Å².